The van der Waals surface area contributed by atoms with Crippen LogP contribution in [0.2, 0.25) is 0 Å². The zero-order valence-corrected chi connectivity index (χ0v) is 24.8. The Hall–Kier alpha value is -1.74. The lowest BCUT2D eigenvalue weighted by atomic mass is 9.99. The van der Waals surface area contributed by atoms with Crippen LogP contribution in [0, 0.1) is 29.2 Å². The summed E-state index contributed by atoms with van der Waals surface area (Å²) in [5, 5.41) is 9.92. The fraction of sp³-hybridized carbons (Fsp3) is 0.600. The number of imide groups is 1. The van der Waals surface area contributed by atoms with Crippen molar-refractivity contribution in [3.8, 4) is 6.19 Å². The topological polar surface area (TPSA) is 93.5 Å². The number of carbonyl (C=O) groups excluding carboxylic acids is 3. The third-order valence-electron chi connectivity index (χ3n) is 5.85. The van der Waals surface area contributed by atoms with E-state index in [2.05, 4.69) is 24.8 Å². The Labute approximate surface area is 233 Å². The molecule has 4 heterocycles. The maximum absolute atomic E-state index is 11.9. The van der Waals surface area contributed by atoms with Crippen LogP contribution in [-0.4, -0.2) is 61.1 Å². The fourth-order valence-electron chi connectivity index (χ4n) is 4.00. The van der Waals surface area contributed by atoms with Gasteiger partial charge in [0.05, 0.1) is 10.9 Å². The molecule has 36 heavy (non-hydrogen) atoms. The van der Waals surface area contributed by atoms with E-state index in [1.165, 1.54) is 22.0 Å². The highest BCUT2D eigenvalue weighted by Crippen LogP contribution is 2.41. The molecule has 0 saturated carbocycles. The molecule has 2 atom stereocenters. The van der Waals surface area contributed by atoms with Gasteiger partial charge in [0.1, 0.15) is 4.99 Å². The van der Waals surface area contributed by atoms with Crippen molar-refractivity contribution < 1.29 is 14.4 Å². The van der Waals surface area contributed by atoms with Gasteiger partial charge in [-0.3, -0.25) is 24.6 Å². The first kappa shape index (κ1) is 30.5. The number of hydrogen-bond donors (Lipinski definition) is 1. The normalized spacial score (nSPS) is 22.8. The summed E-state index contributed by atoms with van der Waals surface area (Å²) < 4.78 is 0. The molecule has 0 spiro atoms. The third kappa shape index (κ3) is 7.40. The number of carbonyl (C=O) groups is 3. The Bertz CT molecular complexity index is 949. The largest absolute Gasteiger partial charge is 0.324 e. The van der Waals surface area contributed by atoms with Gasteiger partial charge >= 0.3 is 0 Å². The van der Waals surface area contributed by atoms with Crippen LogP contribution in [0.25, 0.3) is 0 Å². The number of nitrogens with one attached hydrogen (secondary N) is 1. The first-order valence-corrected chi connectivity index (χ1v) is 14.8. The molecule has 4 rings (SSSR count). The second-order valence-corrected chi connectivity index (χ2v) is 12.7. The fourth-order valence-corrected chi connectivity index (χ4v) is 7.61. The lowest BCUT2D eigenvalue weighted by molar-refractivity contribution is -0.147. The third-order valence-corrected chi connectivity index (χ3v) is 9.00. The van der Waals surface area contributed by atoms with Gasteiger partial charge in [-0.25, -0.2) is 0 Å². The van der Waals surface area contributed by atoms with E-state index in [4.69, 9.17) is 29.7 Å². The van der Waals surface area contributed by atoms with Gasteiger partial charge in [-0.15, -0.1) is 23.5 Å². The summed E-state index contributed by atoms with van der Waals surface area (Å²) in [6.07, 6.45) is 7.37. The van der Waals surface area contributed by atoms with Crippen LogP contribution in [0.4, 0.5) is 0 Å². The summed E-state index contributed by atoms with van der Waals surface area (Å²) in [6.45, 7) is 11.5. The SMILES string of the molecule is CC(C)C(=O)NC#N.CC(C)N1C(=O)C=C2SCCC2C1=O.CC(C)N1C(=S)C=C2SCCC2C1=S. The number of thioether (sulfide) groups is 2. The Kier molecular flexibility index (Phi) is 11.6. The lowest BCUT2D eigenvalue weighted by Gasteiger charge is -2.35. The highest BCUT2D eigenvalue weighted by Gasteiger charge is 2.39. The monoisotopic (exact) mass is 566 g/mol. The number of hydrogen-bond acceptors (Lipinski definition) is 8. The number of nitrogens with zero attached hydrogens (tertiary/aromatic N) is 3. The van der Waals surface area contributed by atoms with Gasteiger partial charge in [0, 0.05) is 34.9 Å². The number of amides is 3. The molecule has 11 heteroatoms. The summed E-state index contributed by atoms with van der Waals surface area (Å²) in [7, 11) is 0. The maximum Gasteiger partial charge on any atom is 0.254 e. The molecule has 4 aliphatic rings. The van der Waals surface area contributed by atoms with Gasteiger partial charge in [0.25, 0.3) is 5.91 Å². The van der Waals surface area contributed by atoms with Crippen molar-refractivity contribution in [3.63, 3.8) is 0 Å². The molecule has 4 aliphatic heterocycles. The molecule has 0 aliphatic carbocycles. The lowest BCUT2D eigenvalue weighted by Crippen LogP contribution is -2.46. The van der Waals surface area contributed by atoms with E-state index in [0.29, 0.717) is 12.0 Å². The highest BCUT2D eigenvalue weighted by molar-refractivity contribution is 8.03. The molecule has 0 radical (unpaired) electrons. The summed E-state index contributed by atoms with van der Waals surface area (Å²) in [6, 6.07) is 0.358. The quantitative estimate of drug-likeness (QED) is 0.227. The van der Waals surface area contributed by atoms with E-state index in [-0.39, 0.29) is 35.6 Å². The van der Waals surface area contributed by atoms with Crippen LogP contribution in [0.3, 0.4) is 0 Å². The minimum Gasteiger partial charge on any atom is -0.324 e. The summed E-state index contributed by atoms with van der Waals surface area (Å²) in [4.78, 5) is 41.7. The number of nitriles is 1. The highest BCUT2D eigenvalue weighted by atomic mass is 32.2. The van der Waals surface area contributed by atoms with Gasteiger partial charge in [-0.2, -0.15) is 5.26 Å². The van der Waals surface area contributed by atoms with Crippen molar-refractivity contribution in [2.45, 2.75) is 66.5 Å². The van der Waals surface area contributed by atoms with E-state index in [1.807, 2.05) is 30.9 Å². The minimum absolute atomic E-state index is 0.00694. The smallest absolute Gasteiger partial charge is 0.254 e. The molecule has 0 aromatic carbocycles. The first-order chi connectivity index (χ1) is 16.9. The minimum atomic E-state index is -0.229. The van der Waals surface area contributed by atoms with Gasteiger partial charge < -0.3 is 4.90 Å². The average Bonchev–Trinajstić information content (AvgIpc) is 3.44. The predicted octanol–water partition coefficient (Wildman–Crippen LogP) is 4.64. The van der Waals surface area contributed by atoms with Gasteiger partial charge in [-0.05, 0) is 63.0 Å². The van der Waals surface area contributed by atoms with E-state index in [0.717, 1.165) is 27.1 Å². The van der Waals surface area contributed by atoms with Crippen molar-refractivity contribution in [1.29, 1.82) is 5.26 Å². The molecule has 0 bridgehead atoms. The maximum atomic E-state index is 11.9. The van der Waals surface area contributed by atoms with Crippen molar-refractivity contribution in [1.82, 2.24) is 15.1 Å². The molecule has 0 aromatic heterocycles. The summed E-state index contributed by atoms with van der Waals surface area (Å²) in [5.41, 5.74) is 0. The van der Waals surface area contributed by atoms with E-state index in [9.17, 15) is 14.4 Å². The van der Waals surface area contributed by atoms with Crippen LogP contribution in [0.1, 0.15) is 54.4 Å². The Morgan fingerprint density at radius 2 is 1.50 bits per heavy atom. The standard InChI is InChI=1S/C10H13NO2S.C10H13NS3.C5H8N2O/c2*1-6(2)11-9(12)5-8-7(10(11)13)3-4-14-8;1-4(2)5(8)7-3-6/h2*5-7H,3-4H2,1-2H3;4H,1-2H3,(H,7,8). The van der Waals surface area contributed by atoms with Crippen molar-refractivity contribution in [2.75, 3.05) is 11.5 Å². The van der Waals surface area contributed by atoms with E-state index >= 15 is 0 Å². The molecule has 1 N–H and O–H groups in total. The Balaban J connectivity index is 0.000000199. The van der Waals surface area contributed by atoms with Gasteiger partial charge in [-0.1, -0.05) is 38.3 Å². The number of rotatable bonds is 3. The zero-order chi connectivity index (χ0) is 27.2. The van der Waals surface area contributed by atoms with Crippen LogP contribution in [0.5, 0.6) is 0 Å². The van der Waals surface area contributed by atoms with E-state index in [1.54, 1.807) is 37.9 Å². The summed E-state index contributed by atoms with van der Waals surface area (Å²) >= 11 is 14.4. The second-order valence-electron chi connectivity index (χ2n) is 9.51. The number of thiocarbonyl (C=S) groups is 2. The van der Waals surface area contributed by atoms with Crippen molar-refractivity contribution in [3.05, 3.63) is 22.0 Å². The van der Waals surface area contributed by atoms with E-state index < -0.39 is 0 Å². The summed E-state index contributed by atoms with van der Waals surface area (Å²) in [5.74, 6) is 2.11. The molecule has 3 amide bonds. The molecule has 2 unspecified atom stereocenters. The predicted molar refractivity (Wildman–Crippen MR) is 155 cm³/mol. The zero-order valence-electron chi connectivity index (χ0n) is 21.6. The first-order valence-electron chi connectivity index (χ1n) is 12.0. The molecule has 2 fully saturated rings. The number of fused-ring (bicyclic) bond motifs is 2. The molecule has 196 valence electrons. The van der Waals surface area contributed by atoms with Crippen LogP contribution in [0.15, 0.2) is 22.0 Å². The Morgan fingerprint density at radius 1 is 0.972 bits per heavy atom. The molecular weight excluding hydrogens is 533 g/mol. The van der Waals surface area contributed by atoms with Crippen molar-refractivity contribution in [2.24, 2.45) is 17.8 Å². The second kappa shape index (κ2) is 13.7. The molecule has 2 saturated heterocycles. The Morgan fingerprint density at radius 3 is 1.97 bits per heavy atom. The van der Waals surface area contributed by atoms with Crippen molar-refractivity contribution >= 4 is 75.7 Å². The molecule has 0 aromatic rings. The average molecular weight is 567 g/mol. The van der Waals surface area contributed by atoms with Crippen LogP contribution < -0.4 is 5.32 Å². The van der Waals surface area contributed by atoms with Crippen LogP contribution in [-0.2, 0) is 14.4 Å². The van der Waals surface area contributed by atoms with Crippen LogP contribution >= 0.6 is 48.0 Å². The molecular formula is C25H34N4O3S4. The molecule has 7 nitrogen and oxygen atoms in total. The van der Waals surface area contributed by atoms with Gasteiger partial charge in [0.2, 0.25) is 11.8 Å². The van der Waals surface area contributed by atoms with Gasteiger partial charge in [0.15, 0.2) is 6.19 Å².